The maximum absolute atomic E-state index is 14.5. The van der Waals surface area contributed by atoms with Crippen LogP contribution in [0.3, 0.4) is 0 Å². The van der Waals surface area contributed by atoms with Crippen LogP contribution in [0.15, 0.2) is 54.9 Å². The van der Waals surface area contributed by atoms with E-state index in [1.54, 1.807) is 23.9 Å². The Morgan fingerprint density at radius 3 is 2.53 bits per heavy atom. The van der Waals surface area contributed by atoms with Gasteiger partial charge in [-0.05, 0) is 12.1 Å². The number of carbonyl (C=O) groups excluding carboxylic acids is 2. The molecule has 0 bridgehead atoms. The molecule has 1 atom stereocenters. The van der Waals surface area contributed by atoms with Gasteiger partial charge >= 0.3 is 5.97 Å². The number of nitro groups is 1. The summed E-state index contributed by atoms with van der Waals surface area (Å²) >= 11 is 0. The molecule has 0 spiro atoms. The molecule has 0 saturated carbocycles. The maximum Gasteiger partial charge on any atom is 0.338 e. The fourth-order valence-corrected chi connectivity index (χ4v) is 2.94. The van der Waals surface area contributed by atoms with Crippen LogP contribution in [0.4, 0.5) is 10.1 Å². The molecule has 1 heterocycles. The molecule has 1 N–H and O–H groups in total. The molecule has 1 aromatic heterocycles. The van der Waals surface area contributed by atoms with Gasteiger partial charge in [-0.25, -0.2) is 14.2 Å². The number of ether oxygens (including phenoxy) is 1. The molecule has 0 aliphatic carbocycles. The molecule has 10 heteroatoms. The number of amides is 1. The smallest absolute Gasteiger partial charge is 0.338 e. The van der Waals surface area contributed by atoms with E-state index in [1.165, 1.54) is 30.5 Å². The van der Waals surface area contributed by atoms with Gasteiger partial charge in [-0.15, -0.1) is 0 Å². The first kappa shape index (κ1) is 20.6. The van der Waals surface area contributed by atoms with Crippen molar-refractivity contribution in [3.8, 4) is 0 Å². The minimum Gasteiger partial charge on any atom is -0.465 e. The summed E-state index contributed by atoms with van der Waals surface area (Å²) in [5.41, 5.74) is -0.599. The predicted octanol–water partition coefficient (Wildman–Crippen LogP) is 2.77. The molecule has 1 unspecified atom stereocenters. The Kier molecular flexibility index (Phi) is 5.86. The Morgan fingerprint density at radius 1 is 1.23 bits per heavy atom. The first-order valence-corrected chi connectivity index (χ1v) is 8.72. The topological polar surface area (TPSA) is 116 Å². The number of aryl methyl sites for hydroxylation is 1. The van der Waals surface area contributed by atoms with E-state index >= 15 is 0 Å². The van der Waals surface area contributed by atoms with Gasteiger partial charge in [-0.2, -0.15) is 0 Å². The maximum atomic E-state index is 14.5. The predicted molar refractivity (Wildman–Crippen MR) is 103 cm³/mol. The van der Waals surface area contributed by atoms with Crippen molar-refractivity contribution in [2.75, 3.05) is 7.11 Å². The first-order valence-electron chi connectivity index (χ1n) is 8.72. The van der Waals surface area contributed by atoms with Crippen molar-refractivity contribution in [1.29, 1.82) is 0 Å². The highest BCUT2D eigenvalue weighted by molar-refractivity contribution is 5.99. The van der Waals surface area contributed by atoms with Crippen molar-refractivity contribution >= 4 is 17.6 Å². The summed E-state index contributed by atoms with van der Waals surface area (Å²) in [6, 6.07) is 8.11. The molecular formula is C20H17FN4O5. The molecule has 3 rings (SSSR count). The van der Waals surface area contributed by atoms with E-state index in [0.717, 1.165) is 19.2 Å². The van der Waals surface area contributed by atoms with Gasteiger partial charge in [0, 0.05) is 42.7 Å². The minimum absolute atomic E-state index is 0.153. The lowest BCUT2D eigenvalue weighted by Crippen LogP contribution is -2.32. The molecule has 3 aromatic rings. The lowest BCUT2D eigenvalue weighted by atomic mass is 10.0. The summed E-state index contributed by atoms with van der Waals surface area (Å²) < 4.78 is 20.7. The van der Waals surface area contributed by atoms with Crippen LogP contribution in [-0.4, -0.2) is 33.5 Å². The number of methoxy groups -OCH3 is 1. The third-order valence-electron chi connectivity index (χ3n) is 4.42. The second kappa shape index (κ2) is 8.52. The molecule has 9 nitrogen and oxygen atoms in total. The van der Waals surface area contributed by atoms with Crippen LogP contribution >= 0.6 is 0 Å². The molecule has 154 valence electrons. The van der Waals surface area contributed by atoms with Crippen LogP contribution in [0.25, 0.3) is 0 Å². The van der Waals surface area contributed by atoms with Gasteiger partial charge in [0.2, 0.25) is 0 Å². The van der Waals surface area contributed by atoms with Crippen molar-refractivity contribution in [3.05, 3.63) is 93.3 Å². The van der Waals surface area contributed by atoms with Gasteiger partial charge in [0.1, 0.15) is 17.7 Å². The molecule has 0 saturated heterocycles. The van der Waals surface area contributed by atoms with E-state index in [0.29, 0.717) is 5.82 Å². The van der Waals surface area contributed by atoms with Crippen molar-refractivity contribution < 1.29 is 23.6 Å². The van der Waals surface area contributed by atoms with Crippen molar-refractivity contribution in [1.82, 2.24) is 14.9 Å². The van der Waals surface area contributed by atoms with Gasteiger partial charge in [0.05, 0.1) is 17.6 Å². The number of esters is 1. The summed E-state index contributed by atoms with van der Waals surface area (Å²) in [5.74, 6) is -1.78. The molecule has 1 amide bonds. The molecule has 0 aliphatic rings. The first-order chi connectivity index (χ1) is 14.3. The number of non-ortho nitro benzene ring substituents is 1. The number of nitrogens with zero attached hydrogens (tertiary/aromatic N) is 3. The molecule has 30 heavy (non-hydrogen) atoms. The molecule has 2 aromatic carbocycles. The van der Waals surface area contributed by atoms with E-state index in [9.17, 15) is 24.1 Å². The zero-order valence-corrected chi connectivity index (χ0v) is 16.0. The minimum atomic E-state index is -0.973. The number of halogens is 1. The number of aromatic nitrogens is 2. The summed E-state index contributed by atoms with van der Waals surface area (Å²) in [6.07, 6.45) is 3.14. The number of hydrogen-bond donors (Lipinski definition) is 1. The van der Waals surface area contributed by atoms with E-state index in [2.05, 4.69) is 15.0 Å². The molecule has 0 aliphatic heterocycles. The standard InChI is InChI=1S/C20H17FN4O5/c1-24-8-7-22-18(24)17(15-5-3-4-6-16(15)21)23-19(26)12-9-13(20(27)30-2)11-14(10-12)25(28)29/h3-11,17H,1-2H3,(H,23,26). The highest BCUT2D eigenvalue weighted by Crippen LogP contribution is 2.25. The average Bonchev–Trinajstić information content (AvgIpc) is 3.17. The summed E-state index contributed by atoms with van der Waals surface area (Å²) in [6.45, 7) is 0. The Bertz CT molecular complexity index is 1130. The summed E-state index contributed by atoms with van der Waals surface area (Å²) in [4.78, 5) is 39.5. The van der Waals surface area contributed by atoms with Crippen molar-refractivity contribution in [2.45, 2.75) is 6.04 Å². The van der Waals surface area contributed by atoms with Gasteiger partial charge in [0.25, 0.3) is 11.6 Å². The van der Waals surface area contributed by atoms with Crippen LogP contribution in [-0.2, 0) is 11.8 Å². The zero-order chi connectivity index (χ0) is 21.8. The number of rotatable bonds is 6. The van der Waals surface area contributed by atoms with E-state index in [-0.39, 0.29) is 16.7 Å². The van der Waals surface area contributed by atoms with Crippen LogP contribution < -0.4 is 5.32 Å². The quantitative estimate of drug-likeness (QED) is 0.378. The van der Waals surface area contributed by atoms with Gasteiger partial charge in [-0.1, -0.05) is 18.2 Å². The SMILES string of the molecule is COC(=O)c1cc(C(=O)NC(c2ccccc2F)c2nccn2C)cc([N+](=O)[O-])c1. The number of carbonyl (C=O) groups is 2. The lowest BCUT2D eigenvalue weighted by Gasteiger charge is -2.20. The summed E-state index contributed by atoms with van der Waals surface area (Å²) in [7, 11) is 2.81. The van der Waals surface area contributed by atoms with Crippen LogP contribution in [0.2, 0.25) is 0 Å². The average molecular weight is 412 g/mol. The van der Waals surface area contributed by atoms with Crippen molar-refractivity contribution in [2.24, 2.45) is 7.05 Å². The Balaban J connectivity index is 2.04. The van der Waals surface area contributed by atoms with Gasteiger partial charge in [0.15, 0.2) is 0 Å². The number of benzene rings is 2. The third kappa shape index (κ3) is 4.17. The second-order valence-corrected chi connectivity index (χ2v) is 6.34. The van der Waals surface area contributed by atoms with E-state index in [4.69, 9.17) is 0 Å². The van der Waals surface area contributed by atoms with Crippen LogP contribution in [0.5, 0.6) is 0 Å². The molecule has 0 fully saturated rings. The fourth-order valence-electron chi connectivity index (χ4n) is 2.94. The van der Waals surface area contributed by atoms with Crippen LogP contribution in [0.1, 0.15) is 38.1 Å². The Labute approximate surface area is 170 Å². The Morgan fingerprint density at radius 2 is 1.93 bits per heavy atom. The van der Waals surface area contributed by atoms with E-state index in [1.807, 2.05) is 0 Å². The number of imidazole rings is 1. The number of hydrogen-bond acceptors (Lipinski definition) is 6. The fraction of sp³-hybridized carbons (Fsp3) is 0.150. The number of nitrogens with one attached hydrogen (secondary N) is 1. The molecular weight excluding hydrogens is 395 g/mol. The van der Waals surface area contributed by atoms with E-state index < -0.39 is 34.3 Å². The highest BCUT2D eigenvalue weighted by Gasteiger charge is 2.26. The lowest BCUT2D eigenvalue weighted by molar-refractivity contribution is -0.384. The third-order valence-corrected chi connectivity index (χ3v) is 4.42. The summed E-state index contributed by atoms with van der Waals surface area (Å²) in [5, 5.41) is 13.9. The zero-order valence-electron chi connectivity index (χ0n) is 16.0. The van der Waals surface area contributed by atoms with Gasteiger partial charge < -0.3 is 14.6 Å². The largest absolute Gasteiger partial charge is 0.465 e. The Hall–Kier alpha value is -4.08. The normalized spacial score (nSPS) is 11.6. The van der Waals surface area contributed by atoms with Crippen molar-refractivity contribution in [3.63, 3.8) is 0 Å². The monoisotopic (exact) mass is 412 g/mol. The second-order valence-electron chi connectivity index (χ2n) is 6.34. The van der Waals surface area contributed by atoms with Gasteiger partial charge in [-0.3, -0.25) is 14.9 Å². The highest BCUT2D eigenvalue weighted by atomic mass is 19.1. The van der Waals surface area contributed by atoms with Crippen LogP contribution in [0, 0.1) is 15.9 Å². The molecule has 0 radical (unpaired) electrons. The number of nitro benzene ring substituents is 1.